The summed E-state index contributed by atoms with van der Waals surface area (Å²) in [6, 6.07) is 22.7. The Morgan fingerprint density at radius 2 is 1.32 bits per heavy atom. The molecule has 176 valence electrons. The first kappa shape index (κ1) is 27.0. The predicted molar refractivity (Wildman–Crippen MR) is 143 cm³/mol. The lowest BCUT2D eigenvalue weighted by Gasteiger charge is -2.24. The number of hydrogen-bond donors (Lipinski definition) is 2. The van der Waals surface area contributed by atoms with Gasteiger partial charge in [0.25, 0.3) is 0 Å². The molecule has 0 unspecified atom stereocenters. The molecule has 0 aliphatic rings. The van der Waals surface area contributed by atoms with E-state index in [0.717, 1.165) is 33.4 Å². The molecule has 0 spiro atoms. The summed E-state index contributed by atoms with van der Waals surface area (Å²) in [5, 5.41) is 2.88. The normalized spacial score (nSPS) is 11.2. The number of carbonyl (C=O) groups is 1. The van der Waals surface area contributed by atoms with Crippen LogP contribution in [-0.2, 0) is 4.79 Å². The van der Waals surface area contributed by atoms with Gasteiger partial charge in [-0.25, -0.2) is 4.98 Å². The van der Waals surface area contributed by atoms with Crippen LogP contribution < -0.4 is 11.1 Å². The second-order valence-electron chi connectivity index (χ2n) is 7.89. The summed E-state index contributed by atoms with van der Waals surface area (Å²) in [5.41, 5.74) is 12.7. The lowest BCUT2D eigenvalue weighted by atomic mass is 9.85. The average molecular weight is 495 g/mol. The summed E-state index contributed by atoms with van der Waals surface area (Å²) in [5.74, 6) is -0.0727. The van der Waals surface area contributed by atoms with Gasteiger partial charge in [-0.05, 0) is 53.8 Å². The minimum Gasteiger partial charge on any atom is -0.319 e. The van der Waals surface area contributed by atoms with Gasteiger partial charge in [-0.2, -0.15) is 0 Å². The zero-order chi connectivity index (χ0) is 22.5. The Labute approximate surface area is 212 Å². The van der Waals surface area contributed by atoms with Crippen molar-refractivity contribution in [2.75, 3.05) is 5.32 Å². The van der Waals surface area contributed by atoms with Gasteiger partial charge >= 0.3 is 0 Å². The summed E-state index contributed by atoms with van der Waals surface area (Å²) in [6.45, 7) is 4.05. The maximum absolute atomic E-state index is 13.1. The van der Waals surface area contributed by atoms with Crippen molar-refractivity contribution in [2.45, 2.75) is 25.8 Å². The van der Waals surface area contributed by atoms with Crippen molar-refractivity contribution in [1.29, 1.82) is 0 Å². The number of rotatable bonds is 6. The fourth-order valence-corrected chi connectivity index (χ4v) is 4.06. The van der Waals surface area contributed by atoms with Gasteiger partial charge in [0.2, 0.25) is 5.91 Å². The Kier molecular flexibility index (Phi) is 9.75. The SMILES string of the molecule is Cc1cncc(C)c1-c1ccc(NC(=O)[C@@H](N)C(c2ccccc2)c2ccccc2)nc1.Cl.Cl. The van der Waals surface area contributed by atoms with E-state index in [-0.39, 0.29) is 36.6 Å². The van der Waals surface area contributed by atoms with Crippen LogP contribution in [0.2, 0.25) is 0 Å². The van der Waals surface area contributed by atoms with Crippen molar-refractivity contribution in [2.24, 2.45) is 5.73 Å². The van der Waals surface area contributed by atoms with Gasteiger partial charge in [-0.15, -0.1) is 24.8 Å². The van der Waals surface area contributed by atoms with E-state index in [2.05, 4.69) is 15.3 Å². The quantitative estimate of drug-likeness (QED) is 0.360. The molecule has 2 heterocycles. The average Bonchev–Trinajstić information content (AvgIpc) is 2.81. The molecular formula is C27H28Cl2N4O. The number of benzene rings is 2. The van der Waals surface area contributed by atoms with Crippen molar-refractivity contribution in [1.82, 2.24) is 9.97 Å². The molecule has 34 heavy (non-hydrogen) atoms. The number of hydrogen-bond acceptors (Lipinski definition) is 4. The summed E-state index contributed by atoms with van der Waals surface area (Å²) in [7, 11) is 0. The highest BCUT2D eigenvalue weighted by atomic mass is 35.5. The maximum Gasteiger partial charge on any atom is 0.243 e. The molecule has 0 aliphatic heterocycles. The minimum atomic E-state index is -0.772. The Morgan fingerprint density at radius 3 is 1.79 bits per heavy atom. The third-order valence-corrected chi connectivity index (χ3v) is 5.61. The number of aryl methyl sites for hydroxylation is 2. The molecular weight excluding hydrogens is 467 g/mol. The van der Waals surface area contributed by atoms with Crippen molar-refractivity contribution in [3.05, 3.63) is 114 Å². The van der Waals surface area contributed by atoms with Crippen LogP contribution in [0.5, 0.6) is 0 Å². The van der Waals surface area contributed by atoms with Crippen LogP contribution in [0.4, 0.5) is 5.82 Å². The molecule has 4 aromatic rings. The lowest BCUT2D eigenvalue weighted by molar-refractivity contribution is -0.117. The van der Waals surface area contributed by atoms with Crippen LogP contribution in [0.3, 0.4) is 0 Å². The molecule has 0 bridgehead atoms. The molecule has 0 fully saturated rings. The fraction of sp³-hybridized carbons (Fsp3) is 0.148. The van der Waals surface area contributed by atoms with Crippen molar-refractivity contribution in [3.8, 4) is 11.1 Å². The third-order valence-electron chi connectivity index (χ3n) is 5.61. The van der Waals surface area contributed by atoms with Crippen LogP contribution >= 0.6 is 24.8 Å². The van der Waals surface area contributed by atoms with Crippen LogP contribution in [0.1, 0.15) is 28.2 Å². The minimum absolute atomic E-state index is 0. The fourth-order valence-electron chi connectivity index (χ4n) is 4.06. The van der Waals surface area contributed by atoms with Gasteiger partial charge in [0.05, 0.1) is 6.04 Å². The number of amides is 1. The molecule has 1 amide bonds. The molecule has 3 N–H and O–H groups in total. The van der Waals surface area contributed by atoms with Crippen LogP contribution in [0.15, 0.2) is 91.4 Å². The van der Waals surface area contributed by atoms with Gasteiger partial charge in [0, 0.05) is 30.1 Å². The molecule has 0 radical (unpaired) electrons. The standard InChI is InChI=1S/C27H26N4O.2ClH/c1-18-15-29-16-19(2)24(18)22-13-14-23(30-17-22)31-27(32)26(28)25(20-9-5-3-6-10-20)21-11-7-4-8-12-21;;/h3-17,25-26H,28H2,1-2H3,(H,30,31,32);2*1H/t26-;;/m0../s1. The Bertz CT molecular complexity index is 1140. The molecule has 5 nitrogen and oxygen atoms in total. The lowest BCUT2D eigenvalue weighted by Crippen LogP contribution is -2.41. The first-order valence-electron chi connectivity index (χ1n) is 10.6. The van der Waals surface area contributed by atoms with Gasteiger partial charge in [-0.1, -0.05) is 60.7 Å². The molecule has 2 aromatic heterocycles. The van der Waals surface area contributed by atoms with E-state index in [0.29, 0.717) is 5.82 Å². The smallest absolute Gasteiger partial charge is 0.243 e. The van der Waals surface area contributed by atoms with Crippen molar-refractivity contribution < 1.29 is 4.79 Å². The summed E-state index contributed by atoms with van der Waals surface area (Å²) >= 11 is 0. The Hall–Kier alpha value is -3.25. The number of anilines is 1. The van der Waals surface area contributed by atoms with E-state index in [4.69, 9.17) is 5.73 Å². The first-order chi connectivity index (χ1) is 15.5. The van der Waals surface area contributed by atoms with Crippen molar-refractivity contribution in [3.63, 3.8) is 0 Å². The number of nitrogens with two attached hydrogens (primary N) is 1. The largest absolute Gasteiger partial charge is 0.319 e. The van der Waals surface area contributed by atoms with E-state index < -0.39 is 6.04 Å². The first-order valence-corrected chi connectivity index (χ1v) is 10.6. The number of nitrogens with one attached hydrogen (secondary N) is 1. The Balaban J connectivity index is 0.00000204. The van der Waals surface area contributed by atoms with Gasteiger partial charge in [0.1, 0.15) is 5.82 Å². The summed E-state index contributed by atoms with van der Waals surface area (Å²) in [4.78, 5) is 21.8. The van der Waals surface area contributed by atoms with Gasteiger partial charge < -0.3 is 11.1 Å². The van der Waals surface area contributed by atoms with E-state index in [9.17, 15) is 4.79 Å². The van der Waals surface area contributed by atoms with E-state index >= 15 is 0 Å². The number of aromatic nitrogens is 2. The molecule has 0 aliphatic carbocycles. The summed E-state index contributed by atoms with van der Waals surface area (Å²) < 4.78 is 0. The topological polar surface area (TPSA) is 80.9 Å². The Morgan fingerprint density at radius 1 is 0.794 bits per heavy atom. The number of nitrogens with zero attached hydrogens (tertiary/aromatic N) is 2. The molecule has 1 atom stereocenters. The van der Waals surface area contributed by atoms with E-state index in [1.807, 2.05) is 93.0 Å². The highest BCUT2D eigenvalue weighted by Gasteiger charge is 2.28. The highest BCUT2D eigenvalue weighted by Crippen LogP contribution is 2.29. The van der Waals surface area contributed by atoms with Gasteiger partial charge in [-0.3, -0.25) is 9.78 Å². The molecule has 2 aromatic carbocycles. The van der Waals surface area contributed by atoms with E-state index in [1.54, 1.807) is 12.3 Å². The summed E-state index contributed by atoms with van der Waals surface area (Å²) in [6.07, 6.45) is 5.44. The highest BCUT2D eigenvalue weighted by molar-refractivity contribution is 5.95. The predicted octanol–water partition coefficient (Wildman–Crippen LogP) is 5.70. The monoisotopic (exact) mass is 494 g/mol. The number of pyridine rings is 2. The zero-order valence-electron chi connectivity index (χ0n) is 19.0. The van der Waals surface area contributed by atoms with Gasteiger partial charge in [0.15, 0.2) is 0 Å². The van der Waals surface area contributed by atoms with Crippen LogP contribution in [-0.4, -0.2) is 21.9 Å². The molecule has 4 rings (SSSR count). The van der Waals surface area contributed by atoms with Crippen LogP contribution in [0.25, 0.3) is 11.1 Å². The number of carbonyl (C=O) groups excluding carboxylic acids is 1. The van der Waals surface area contributed by atoms with E-state index in [1.165, 1.54) is 0 Å². The molecule has 0 saturated heterocycles. The van der Waals surface area contributed by atoms with Crippen LogP contribution in [0, 0.1) is 13.8 Å². The second kappa shape index (κ2) is 12.3. The number of halogens is 2. The second-order valence-corrected chi connectivity index (χ2v) is 7.89. The third kappa shape index (κ3) is 6.00. The van der Waals surface area contributed by atoms with Crippen molar-refractivity contribution >= 4 is 36.5 Å². The molecule has 7 heteroatoms. The molecule has 0 saturated carbocycles. The zero-order valence-corrected chi connectivity index (χ0v) is 20.6. The maximum atomic E-state index is 13.1.